The predicted molar refractivity (Wildman–Crippen MR) is 99.5 cm³/mol. The number of thiophene rings is 1. The summed E-state index contributed by atoms with van der Waals surface area (Å²) in [6, 6.07) is 1.82. The van der Waals surface area contributed by atoms with Gasteiger partial charge in [0, 0.05) is 50.6 Å². The van der Waals surface area contributed by atoms with Gasteiger partial charge < -0.3 is 14.7 Å². The van der Waals surface area contributed by atoms with Crippen molar-refractivity contribution in [1.29, 1.82) is 0 Å². The van der Waals surface area contributed by atoms with Gasteiger partial charge in [-0.05, 0) is 17.9 Å². The summed E-state index contributed by atoms with van der Waals surface area (Å²) in [7, 11) is 0. The summed E-state index contributed by atoms with van der Waals surface area (Å²) in [6.07, 6.45) is 0.607. The summed E-state index contributed by atoms with van der Waals surface area (Å²) in [4.78, 5) is 42.1. The normalized spacial score (nSPS) is 17.0. The van der Waals surface area contributed by atoms with E-state index in [1.807, 2.05) is 16.8 Å². The number of nitrogens with one attached hydrogen (secondary N) is 1. The average Bonchev–Trinajstić information content (AvgIpc) is 3.36. The molecular formula is C18H21N5O3S. The highest BCUT2D eigenvalue weighted by Gasteiger charge is 2.31. The zero-order valence-electron chi connectivity index (χ0n) is 15.1. The molecule has 1 N–H and O–H groups in total. The lowest BCUT2D eigenvalue weighted by Crippen LogP contribution is -2.50. The molecule has 0 spiro atoms. The molecule has 9 heteroatoms. The van der Waals surface area contributed by atoms with E-state index in [0.717, 1.165) is 11.3 Å². The number of hydrogen-bond donors (Lipinski definition) is 1. The quantitative estimate of drug-likeness (QED) is 0.832. The monoisotopic (exact) mass is 387 g/mol. The van der Waals surface area contributed by atoms with E-state index in [2.05, 4.69) is 10.2 Å². The van der Waals surface area contributed by atoms with E-state index >= 15 is 0 Å². The van der Waals surface area contributed by atoms with Crippen LogP contribution in [-0.4, -0.2) is 75.3 Å². The highest BCUT2D eigenvalue weighted by atomic mass is 32.1. The smallest absolute Gasteiger partial charge is 0.274 e. The number of aromatic amines is 1. The van der Waals surface area contributed by atoms with Crippen LogP contribution in [0.3, 0.4) is 0 Å². The zero-order chi connectivity index (χ0) is 19.0. The molecule has 2 aromatic heterocycles. The van der Waals surface area contributed by atoms with E-state index in [-0.39, 0.29) is 17.7 Å². The maximum Gasteiger partial charge on any atom is 0.274 e. The van der Waals surface area contributed by atoms with Crippen LogP contribution in [0.2, 0.25) is 0 Å². The summed E-state index contributed by atoms with van der Waals surface area (Å²) < 4.78 is 0. The highest BCUT2D eigenvalue weighted by Crippen LogP contribution is 2.23. The van der Waals surface area contributed by atoms with E-state index in [0.29, 0.717) is 56.9 Å². The molecule has 2 aliphatic rings. The summed E-state index contributed by atoms with van der Waals surface area (Å²) in [5.41, 5.74) is 2.88. The fourth-order valence-corrected chi connectivity index (χ4v) is 4.24. The molecule has 0 aliphatic carbocycles. The molecule has 0 atom stereocenters. The van der Waals surface area contributed by atoms with Gasteiger partial charge in [0.2, 0.25) is 5.91 Å². The van der Waals surface area contributed by atoms with Crippen LogP contribution < -0.4 is 0 Å². The fourth-order valence-electron chi connectivity index (χ4n) is 3.61. The molecule has 2 aliphatic heterocycles. The van der Waals surface area contributed by atoms with Crippen LogP contribution in [0.15, 0.2) is 16.8 Å². The summed E-state index contributed by atoms with van der Waals surface area (Å²) in [5.74, 6) is -0.0623. The summed E-state index contributed by atoms with van der Waals surface area (Å²) >= 11 is 1.50. The van der Waals surface area contributed by atoms with Crippen LogP contribution in [-0.2, 0) is 17.8 Å². The van der Waals surface area contributed by atoms with Crippen molar-refractivity contribution >= 4 is 29.1 Å². The number of aromatic nitrogens is 2. The van der Waals surface area contributed by atoms with Gasteiger partial charge in [-0.1, -0.05) is 0 Å². The van der Waals surface area contributed by atoms with Crippen molar-refractivity contribution in [3.63, 3.8) is 0 Å². The molecule has 142 valence electrons. The lowest BCUT2D eigenvalue weighted by Gasteiger charge is -2.34. The maximum atomic E-state index is 12.9. The Balaban J connectivity index is 1.45. The van der Waals surface area contributed by atoms with Crippen molar-refractivity contribution < 1.29 is 14.4 Å². The number of amides is 3. The van der Waals surface area contributed by atoms with Crippen LogP contribution in [0.25, 0.3) is 0 Å². The van der Waals surface area contributed by atoms with Crippen molar-refractivity contribution in [2.75, 3.05) is 32.7 Å². The third-order valence-electron chi connectivity index (χ3n) is 5.20. The molecule has 0 radical (unpaired) electrons. The van der Waals surface area contributed by atoms with Gasteiger partial charge in [-0.2, -0.15) is 16.4 Å². The molecule has 0 bridgehead atoms. The Kier molecular flexibility index (Phi) is 4.69. The van der Waals surface area contributed by atoms with E-state index < -0.39 is 0 Å². The third kappa shape index (κ3) is 3.34. The zero-order valence-corrected chi connectivity index (χ0v) is 15.9. The molecule has 0 saturated carbocycles. The Hall–Kier alpha value is -2.68. The fraction of sp³-hybridized carbons (Fsp3) is 0.444. The van der Waals surface area contributed by atoms with Crippen LogP contribution in [0.1, 0.15) is 39.0 Å². The number of hydrogen-bond acceptors (Lipinski definition) is 5. The van der Waals surface area contributed by atoms with Gasteiger partial charge >= 0.3 is 0 Å². The Morgan fingerprint density at radius 2 is 1.78 bits per heavy atom. The number of fused-ring (bicyclic) bond motifs is 1. The van der Waals surface area contributed by atoms with Crippen LogP contribution >= 0.6 is 11.3 Å². The van der Waals surface area contributed by atoms with Crippen LogP contribution in [0.5, 0.6) is 0 Å². The van der Waals surface area contributed by atoms with Crippen molar-refractivity contribution in [3.05, 3.63) is 39.3 Å². The van der Waals surface area contributed by atoms with E-state index in [1.54, 1.807) is 21.6 Å². The van der Waals surface area contributed by atoms with Crippen LogP contribution in [0.4, 0.5) is 0 Å². The molecule has 3 amide bonds. The van der Waals surface area contributed by atoms with E-state index in [1.165, 1.54) is 11.3 Å². The number of carbonyl (C=O) groups excluding carboxylic acids is 3. The minimum atomic E-state index is -0.103. The molecule has 4 rings (SSSR count). The van der Waals surface area contributed by atoms with Gasteiger partial charge in [-0.3, -0.25) is 19.5 Å². The number of nitrogens with zero attached hydrogens (tertiary/aromatic N) is 4. The Morgan fingerprint density at radius 3 is 2.44 bits per heavy atom. The predicted octanol–water partition coefficient (Wildman–Crippen LogP) is 0.974. The van der Waals surface area contributed by atoms with Gasteiger partial charge in [0.05, 0.1) is 17.8 Å². The molecule has 4 heterocycles. The number of carbonyl (C=O) groups is 3. The summed E-state index contributed by atoms with van der Waals surface area (Å²) in [6.45, 7) is 4.69. The topological polar surface area (TPSA) is 89.6 Å². The molecule has 27 heavy (non-hydrogen) atoms. The van der Waals surface area contributed by atoms with Crippen molar-refractivity contribution in [3.8, 4) is 0 Å². The minimum Gasteiger partial charge on any atom is -0.339 e. The van der Waals surface area contributed by atoms with Crippen molar-refractivity contribution in [2.24, 2.45) is 0 Å². The van der Waals surface area contributed by atoms with Gasteiger partial charge in [0.15, 0.2) is 5.69 Å². The van der Waals surface area contributed by atoms with Crippen LogP contribution in [0, 0.1) is 0 Å². The second-order valence-corrected chi connectivity index (χ2v) is 7.60. The van der Waals surface area contributed by atoms with Crippen molar-refractivity contribution in [2.45, 2.75) is 19.9 Å². The molecule has 8 nitrogen and oxygen atoms in total. The van der Waals surface area contributed by atoms with Gasteiger partial charge in [0.1, 0.15) is 0 Å². The van der Waals surface area contributed by atoms with Gasteiger partial charge in [0.25, 0.3) is 11.8 Å². The largest absolute Gasteiger partial charge is 0.339 e. The van der Waals surface area contributed by atoms with E-state index in [9.17, 15) is 14.4 Å². The van der Waals surface area contributed by atoms with Gasteiger partial charge in [-0.15, -0.1) is 0 Å². The third-order valence-corrected chi connectivity index (χ3v) is 5.89. The first kappa shape index (κ1) is 17.7. The second kappa shape index (κ2) is 7.15. The van der Waals surface area contributed by atoms with E-state index in [4.69, 9.17) is 0 Å². The first-order chi connectivity index (χ1) is 13.0. The molecule has 1 fully saturated rings. The summed E-state index contributed by atoms with van der Waals surface area (Å²) in [5, 5.41) is 10.9. The highest BCUT2D eigenvalue weighted by molar-refractivity contribution is 7.08. The molecule has 2 aromatic rings. The average molecular weight is 387 g/mol. The first-order valence-corrected chi connectivity index (χ1v) is 9.91. The Labute approximate surface area is 160 Å². The molecule has 0 aromatic carbocycles. The van der Waals surface area contributed by atoms with Gasteiger partial charge in [-0.25, -0.2) is 0 Å². The number of rotatable bonds is 2. The second-order valence-electron chi connectivity index (χ2n) is 6.82. The number of piperazine rings is 1. The minimum absolute atomic E-state index is 0.00438. The molecular weight excluding hydrogens is 366 g/mol. The molecule has 1 saturated heterocycles. The standard InChI is InChI=1S/C18H21N5O3S/c1-12(24)21-5-7-22(8-6-21)18(26)16-14-2-4-23(10-15(14)19-20-16)17(25)13-3-9-27-11-13/h3,9,11H,2,4-8,10H2,1H3,(H,19,20). The Bertz CT molecular complexity index is 868. The lowest BCUT2D eigenvalue weighted by molar-refractivity contribution is -0.130. The Morgan fingerprint density at radius 1 is 1.04 bits per heavy atom. The number of H-pyrrole nitrogens is 1. The van der Waals surface area contributed by atoms with Crippen molar-refractivity contribution in [1.82, 2.24) is 24.9 Å². The first-order valence-electron chi connectivity index (χ1n) is 8.97. The lowest BCUT2D eigenvalue weighted by atomic mass is 10.0. The maximum absolute atomic E-state index is 12.9. The SMILES string of the molecule is CC(=O)N1CCN(C(=O)c2n[nH]c3c2CCN(C(=O)c2ccsc2)C3)CC1. The molecule has 0 unspecified atom stereocenters.